The van der Waals surface area contributed by atoms with E-state index in [1.807, 2.05) is 18.2 Å². The van der Waals surface area contributed by atoms with Crippen molar-refractivity contribution in [2.24, 2.45) is 0 Å². The van der Waals surface area contributed by atoms with Crippen molar-refractivity contribution >= 4 is 17.7 Å². The second-order valence-electron chi connectivity index (χ2n) is 5.59. The molecule has 120 valence electrons. The van der Waals surface area contributed by atoms with Crippen LogP contribution in [-0.2, 0) is 4.79 Å². The Morgan fingerprint density at radius 3 is 2.15 bits per heavy atom. The highest BCUT2D eigenvalue weighted by Gasteiger charge is 2.21. The van der Waals surface area contributed by atoms with Crippen molar-refractivity contribution in [3.05, 3.63) is 0 Å². The summed E-state index contributed by atoms with van der Waals surface area (Å²) in [6.45, 7) is 3.14. The van der Waals surface area contributed by atoms with Gasteiger partial charge in [-0.1, -0.05) is 51.9 Å². The molecule has 3 nitrogen and oxygen atoms in total. The predicted molar refractivity (Wildman–Crippen MR) is 89.7 cm³/mol. The standard InChI is InChI=1S/C16H33NO2S/c1-4-5-6-7-8-9-10-11-13-17(2)15(16(18)19)12-14-20-3/h15H,4-14H2,1-3H3,(H,18,19)/t15-/m0/s1. The minimum Gasteiger partial charge on any atom is -0.480 e. The van der Waals surface area contributed by atoms with Gasteiger partial charge < -0.3 is 5.11 Å². The lowest BCUT2D eigenvalue weighted by Gasteiger charge is -2.24. The topological polar surface area (TPSA) is 40.5 Å². The zero-order chi connectivity index (χ0) is 15.2. The van der Waals surface area contributed by atoms with Gasteiger partial charge in [-0.3, -0.25) is 9.69 Å². The Morgan fingerprint density at radius 1 is 1.10 bits per heavy atom. The SMILES string of the molecule is CCCCCCCCCCN(C)[C@@H](CCSC)C(=O)O. The van der Waals surface area contributed by atoms with Crippen LogP contribution in [0.1, 0.15) is 64.7 Å². The van der Waals surface area contributed by atoms with Crippen LogP contribution in [0, 0.1) is 0 Å². The molecule has 0 aliphatic rings. The molecule has 20 heavy (non-hydrogen) atoms. The van der Waals surface area contributed by atoms with Crippen molar-refractivity contribution in [2.75, 3.05) is 25.6 Å². The maximum atomic E-state index is 11.2. The van der Waals surface area contributed by atoms with Gasteiger partial charge in [0.2, 0.25) is 0 Å². The number of rotatable bonds is 14. The molecule has 0 unspecified atom stereocenters. The molecule has 0 spiro atoms. The molecular weight excluding hydrogens is 270 g/mol. The number of hydrogen-bond donors (Lipinski definition) is 1. The number of carboxylic acid groups (broad SMARTS) is 1. The van der Waals surface area contributed by atoms with E-state index in [9.17, 15) is 9.90 Å². The number of nitrogens with zero attached hydrogens (tertiary/aromatic N) is 1. The van der Waals surface area contributed by atoms with Gasteiger partial charge in [-0.25, -0.2) is 0 Å². The number of aliphatic carboxylic acids is 1. The van der Waals surface area contributed by atoms with E-state index in [1.54, 1.807) is 11.8 Å². The average Bonchev–Trinajstić information content (AvgIpc) is 2.42. The summed E-state index contributed by atoms with van der Waals surface area (Å²) in [5, 5.41) is 9.24. The lowest BCUT2D eigenvalue weighted by Crippen LogP contribution is -2.39. The van der Waals surface area contributed by atoms with Crippen molar-refractivity contribution in [3.8, 4) is 0 Å². The van der Waals surface area contributed by atoms with Crippen LogP contribution in [0.2, 0.25) is 0 Å². The van der Waals surface area contributed by atoms with Crippen LogP contribution in [-0.4, -0.2) is 47.6 Å². The van der Waals surface area contributed by atoms with E-state index in [0.29, 0.717) is 0 Å². The first-order chi connectivity index (χ1) is 9.63. The summed E-state index contributed by atoms with van der Waals surface area (Å²) in [6.07, 6.45) is 13.1. The highest BCUT2D eigenvalue weighted by Crippen LogP contribution is 2.11. The lowest BCUT2D eigenvalue weighted by molar-refractivity contribution is -0.142. The number of carboxylic acids is 1. The van der Waals surface area contributed by atoms with Crippen molar-refractivity contribution < 1.29 is 9.90 Å². The van der Waals surface area contributed by atoms with Crippen LogP contribution in [0.25, 0.3) is 0 Å². The maximum Gasteiger partial charge on any atom is 0.320 e. The second-order valence-corrected chi connectivity index (χ2v) is 6.58. The first-order valence-corrected chi connectivity index (χ1v) is 9.44. The van der Waals surface area contributed by atoms with Gasteiger partial charge in [0.15, 0.2) is 0 Å². The Bertz CT molecular complexity index is 237. The van der Waals surface area contributed by atoms with E-state index in [1.165, 1.54) is 44.9 Å². The number of hydrogen-bond acceptors (Lipinski definition) is 3. The Morgan fingerprint density at radius 2 is 1.65 bits per heavy atom. The summed E-state index contributed by atoms with van der Waals surface area (Å²) < 4.78 is 0. The molecule has 0 fully saturated rings. The number of carbonyl (C=O) groups is 1. The molecule has 0 bridgehead atoms. The summed E-state index contributed by atoms with van der Waals surface area (Å²) in [6, 6.07) is -0.313. The maximum absolute atomic E-state index is 11.2. The molecular formula is C16H33NO2S. The van der Waals surface area contributed by atoms with Gasteiger partial charge in [-0.05, 0) is 38.4 Å². The van der Waals surface area contributed by atoms with E-state index in [-0.39, 0.29) is 6.04 Å². The van der Waals surface area contributed by atoms with E-state index in [4.69, 9.17) is 0 Å². The van der Waals surface area contributed by atoms with E-state index in [2.05, 4.69) is 6.92 Å². The highest BCUT2D eigenvalue weighted by atomic mass is 32.2. The molecule has 0 aliphatic heterocycles. The van der Waals surface area contributed by atoms with Gasteiger partial charge >= 0.3 is 5.97 Å². The third-order valence-electron chi connectivity index (χ3n) is 3.78. The minimum atomic E-state index is -0.680. The van der Waals surface area contributed by atoms with Gasteiger partial charge in [0.05, 0.1) is 0 Å². The van der Waals surface area contributed by atoms with E-state index >= 15 is 0 Å². The first-order valence-electron chi connectivity index (χ1n) is 8.05. The Kier molecular flexibility index (Phi) is 13.6. The Balaban J connectivity index is 3.63. The fraction of sp³-hybridized carbons (Fsp3) is 0.938. The Labute approximate surface area is 129 Å². The third-order valence-corrected chi connectivity index (χ3v) is 4.42. The average molecular weight is 304 g/mol. The lowest BCUT2D eigenvalue weighted by atomic mass is 10.1. The van der Waals surface area contributed by atoms with E-state index in [0.717, 1.165) is 25.1 Å². The molecule has 0 rings (SSSR count). The molecule has 0 saturated heterocycles. The van der Waals surface area contributed by atoms with Gasteiger partial charge in [-0.15, -0.1) is 0 Å². The fourth-order valence-corrected chi connectivity index (χ4v) is 2.87. The van der Waals surface area contributed by atoms with Crippen molar-refractivity contribution in [1.29, 1.82) is 0 Å². The Hall–Kier alpha value is -0.220. The van der Waals surface area contributed by atoms with Crippen LogP contribution < -0.4 is 0 Å². The normalized spacial score (nSPS) is 12.8. The molecule has 0 radical (unpaired) electrons. The fourth-order valence-electron chi connectivity index (χ4n) is 2.41. The summed E-state index contributed by atoms with van der Waals surface area (Å²) >= 11 is 1.72. The first kappa shape index (κ1) is 19.8. The van der Waals surface area contributed by atoms with Gasteiger partial charge in [0.1, 0.15) is 6.04 Å². The molecule has 1 N–H and O–H groups in total. The smallest absolute Gasteiger partial charge is 0.320 e. The molecule has 1 atom stereocenters. The molecule has 0 aliphatic carbocycles. The summed E-state index contributed by atoms with van der Waals surface area (Å²) in [7, 11) is 1.94. The summed E-state index contributed by atoms with van der Waals surface area (Å²) in [4.78, 5) is 13.2. The van der Waals surface area contributed by atoms with Crippen molar-refractivity contribution in [3.63, 3.8) is 0 Å². The van der Waals surface area contributed by atoms with Crippen LogP contribution >= 0.6 is 11.8 Å². The van der Waals surface area contributed by atoms with Crippen molar-refractivity contribution in [1.82, 2.24) is 4.90 Å². The van der Waals surface area contributed by atoms with Gasteiger partial charge in [0.25, 0.3) is 0 Å². The quantitative estimate of drug-likeness (QED) is 0.487. The van der Waals surface area contributed by atoms with Crippen LogP contribution in [0.15, 0.2) is 0 Å². The van der Waals surface area contributed by atoms with E-state index < -0.39 is 5.97 Å². The van der Waals surface area contributed by atoms with Crippen LogP contribution in [0.5, 0.6) is 0 Å². The molecule has 0 aromatic carbocycles. The number of unbranched alkanes of at least 4 members (excludes halogenated alkanes) is 7. The predicted octanol–water partition coefficient (Wildman–Crippen LogP) is 4.27. The summed E-state index contributed by atoms with van der Waals surface area (Å²) in [5.74, 6) is 0.236. The number of thioether (sulfide) groups is 1. The second kappa shape index (κ2) is 13.7. The molecule has 0 amide bonds. The van der Waals surface area contributed by atoms with Gasteiger partial charge in [-0.2, -0.15) is 11.8 Å². The molecule has 0 aromatic rings. The number of likely N-dealkylation sites (N-methyl/N-ethyl adjacent to an activating group) is 1. The molecule has 0 saturated carbocycles. The van der Waals surface area contributed by atoms with Crippen LogP contribution in [0.3, 0.4) is 0 Å². The molecule has 0 heterocycles. The zero-order valence-corrected chi connectivity index (χ0v) is 14.4. The van der Waals surface area contributed by atoms with Crippen LogP contribution in [0.4, 0.5) is 0 Å². The summed E-state index contributed by atoms with van der Waals surface area (Å²) in [5.41, 5.74) is 0. The zero-order valence-electron chi connectivity index (χ0n) is 13.6. The van der Waals surface area contributed by atoms with Crippen molar-refractivity contribution in [2.45, 2.75) is 70.8 Å². The minimum absolute atomic E-state index is 0.313. The largest absolute Gasteiger partial charge is 0.480 e. The molecule has 0 aromatic heterocycles. The third kappa shape index (κ3) is 10.6. The molecule has 4 heteroatoms. The highest BCUT2D eigenvalue weighted by molar-refractivity contribution is 7.98. The monoisotopic (exact) mass is 303 g/mol. The van der Waals surface area contributed by atoms with Gasteiger partial charge in [0, 0.05) is 0 Å².